The van der Waals surface area contributed by atoms with Gasteiger partial charge in [0.05, 0.1) is 0 Å². The van der Waals surface area contributed by atoms with Crippen LogP contribution in [0.5, 0.6) is 0 Å². The Labute approximate surface area is 131 Å². The maximum atomic E-state index is 10.2. The lowest BCUT2D eigenvalue weighted by atomic mass is 9.83. The molecule has 1 aliphatic carbocycles. The fourth-order valence-electron chi connectivity index (χ4n) is 2.37. The van der Waals surface area contributed by atoms with Gasteiger partial charge in [-0.05, 0) is 49.7 Å². The van der Waals surface area contributed by atoms with E-state index in [1.807, 2.05) is 0 Å². The van der Waals surface area contributed by atoms with Crippen LogP contribution in [0.25, 0.3) is 0 Å². The number of carbonyl (C=O) groups is 1. The molecule has 0 spiro atoms. The van der Waals surface area contributed by atoms with Gasteiger partial charge in [0, 0.05) is 18.4 Å². The number of allylic oxidation sites excluding steroid dienone is 1. The zero-order valence-corrected chi connectivity index (χ0v) is 15.3. The summed E-state index contributed by atoms with van der Waals surface area (Å²) in [5, 5.41) is 0.256. The maximum absolute atomic E-state index is 10.2. The SMILES string of the molecule is CC(C)(C)[Si](C)(C)OCC1(CCCC#CC=O)C=CCC1. The van der Waals surface area contributed by atoms with E-state index < -0.39 is 8.32 Å². The summed E-state index contributed by atoms with van der Waals surface area (Å²) < 4.78 is 6.45. The summed E-state index contributed by atoms with van der Waals surface area (Å²) >= 11 is 0. The minimum absolute atomic E-state index is 0.193. The van der Waals surface area contributed by atoms with E-state index in [2.05, 4.69) is 57.9 Å². The molecule has 0 N–H and O–H groups in total. The third kappa shape index (κ3) is 5.45. The predicted molar refractivity (Wildman–Crippen MR) is 91.6 cm³/mol. The van der Waals surface area contributed by atoms with Crippen LogP contribution in [-0.4, -0.2) is 21.2 Å². The standard InChI is InChI=1S/C18H30O2Si/c1-17(2,3)21(4,5)20-16-18(13-9-10-14-18)12-8-6-7-11-15-19/h9,13,15H,6,8,10,12,14,16H2,1-5H3. The van der Waals surface area contributed by atoms with Crippen molar-refractivity contribution < 1.29 is 9.22 Å². The Hall–Kier alpha value is -0.853. The number of hydrogen-bond acceptors (Lipinski definition) is 2. The highest BCUT2D eigenvalue weighted by atomic mass is 28.4. The topological polar surface area (TPSA) is 26.3 Å². The van der Waals surface area contributed by atoms with E-state index in [-0.39, 0.29) is 10.5 Å². The molecular formula is C18H30O2Si. The average Bonchev–Trinajstić information content (AvgIpc) is 2.84. The average molecular weight is 307 g/mol. The first kappa shape index (κ1) is 18.2. The van der Waals surface area contributed by atoms with Crippen molar-refractivity contribution in [2.45, 2.75) is 71.0 Å². The lowest BCUT2D eigenvalue weighted by molar-refractivity contribution is -0.103. The molecule has 1 rings (SSSR count). The second kappa shape index (κ2) is 7.42. The molecule has 3 heteroatoms. The molecule has 0 saturated carbocycles. The van der Waals surface area contributed by atoms with Crippen molar-refractivity contribution >= 4 is 14.6 Å². The molecule has 21 heavy (non-hydrogen) atoms. The van der Waals surface area contributed by atoms with Gasteiger partial charge in [-0.15, -0.1) is 0 Å². The largest absolute Gasteiger partial charge is 0.416 e. The van der Waals surface area contributed by atoms with E-state index in [0.29, 0.717) is 6.29 Å². The van der Waals surface area contributed by atoms with Crippen molar-refractivity contribution in [1.29, 1.82) is 0 Å². The molecule has 0 aromatic carbocycles. The molecule has 1 unspecified atom stereocenters. The van der Waals surface area contributed by atoms with Gasteiger partial charge in [0.15, 0.2) is 14.6 Å². The maximum Gasteiger partial charge on any atom is 0.192 e. The van der Waals surface area contributed by atoms with Crippen LogP contribution in [0.2, 0.25) is 18.1 Å². The summed E-state index contributed by atoms with van der Waals surface area (Å²) in [4.78, 5) is 10.2. The van der Waals surface area contributed by atoms with E-state index >= 15 is 0 Å². The molecule has 118 valence electrons. The van der Waals surface area contributed by atoms with E-state index in [1.165, 1.54) is 6.42 Å². The summed E-state index contributed by atoms with van der Waals surface area (Å²) in [6, 6.07) is 0. The molecular weight excluding hydrogens is 276 g/mol. The summed E-state index contributed by atoms with van der Waals surface area (Å²) in [7, 11) is -1.69. The Bertz CT molecular complexity index is 434. The number of rotatable bonds is 6. The van der Waals surface area contributed by atoms with Crippen LogP contribution in [-0.2, 0) is 9.22 Å². The molecule has 0 fully saturated rings. The quantitative estimate of drug-likeness (QED) is 0.233. The Morgan fingerprint density at radius 3 is 2.62 bits per heavy atom. The van der Waals surface area contributed by atoms with Gasteiger partial charge in [0.1, 0.15) is 0 Å². The number of hydrogen-bond donors (Lipinski definition) is 0. The van der Waals surface area contributed by atoms with E-state index in [1.54, 1.807) is 0 Å². The molecule has 0 aromatic rings. The van der Waals surface area contributed by atoms with Crippen LogP contribution in [0.1, 0.15) is 52.9 Å². The molecule has 0 amide bonds. The normalized spacial score (nSPS) is 22.0. The highest BCUT2D eigenvalue weighted by Gasteiger charge is 2.40. The van der Waals surface area contributed by atoms with Crippen LogP contribution in [0.15, 0.2) is 12.2 Å². The first-order chi connectivity index (χ1) is 9.72. The lowest BCUT2D eigenvalue weighted by Gasteiger charge is -2.39. The van der Waals surface area contributed by atoms with Crippen LogP contribution in [0.3, 0.4) is 0 Å². The van der Waals surface area contributed by atoms with Gasteiger partial charge < -0.3 is 4.43 Å². The van der Waals surface area contributed by atoms with E-state index in [4.69, 9.17) is 4.43 Å². The summed E-state index contributed by atoms with van der Waals surface area (Å²) in [5.41, 5.74) is 0.193. The van der Waals surface area contributed by atoms with Crippen LogP contribution < -0.4 is 0 Å². The van der Waals surface area contributed by atoms with Gasteiger partial charge in [0.2, 0.25) is 0 Å². The van der Waals surface area contributed by atoms with Crippen LogP contribution in [0.4, 0.5) is 0 Å². The summed E-state index contributed by atoms with van der Waals surface area (Å²) in [6.45, 7) is 12.3. The zero-order chi connectivity index (χ0) is 16.0. The first-order valence-corrected chi connectivity index (χ1v) is 10.9. The second-order valence-corrected chi connectivity index (χ2v) is 12.5. The smallest absolute Gasteiger partial charge is 0.192 e. The van der Waals surface area contributed by atoms with Crippen molar-refractivity contribution in [3.8, 4) is 11.8 Å². The van der Waals surface area contributed by atoms with Crippen LogP contribution >= 0.6 is 0 Å². The molecule has 0 heterocycles. The molecule has 1 atom stereocenters. The Morgan fingerprint density at radius 2 is 2.10 bits per heavy atom. The Kier molecular flexibility index (Phi) is 6.43. The molecule has 0 saturated heterocycles. The van der Waals surface area contributed by atoms with E-state index in [0.717, 1.165) is 32.3 Å². The molecule has 0 radical (unpaired) electrons. The summed E-state index contributed by atoms with van der Waals surface area (Å²) in [6.07, 6.45) is 10.6. The third-order valence-electron chi connectivity index (χ3n) is 4.94. The van der Waals surface area contributed by atoms with Crippen molar-refractivity contribution in [1.82, 2.24) is 0 Å². The van der Waals surface area contributed by atoms with Gasteiger partial charge in [-0.3, -0.25) is 4.79 Å². The number of unbranched alkanes of at least 4 members (excludes halogenated alkanes) is 1. The molecule has 0 aromatic heterocycles. The van der Waals surface area contributed by atoms with Crippen molar-refractivity contribution in [3.05, 3.63) is 12.2 Å². The lowest BCUT2D eigenvalue weighted by Crippen LogP contribution is -2.43. The van der Waals surface area contributed by atoms with Gasteiger partial charge >= 0.3 is 0 Å². The first-order valence-electron chi connectivity index (χ1n) is 7.96. The molecule has 1 aliphatic rings. The highest BCUT2D eigenvalue weighted by molar-refractivity contribution is 6.74. The highest BCUT2D eigenvalue weighted by Crippen LogP contribution is 2.42. The van der Waals surface area contributed by atoms with Gasteiger partial charge in [-0.1, -0.05) is 38.8 Å². The molecule has 0 bridgehead atoms. The third-order valence-corrected chi connectivity index (χ3v) is 9.42. The zero-order valence-electron chi connectivity index (χ0n) is 14.3. The minimum atomic E-state index is -1.69. The van der Waals surface area contributed by atoms with Gasteiger partial charge in [0.25, 0.3) is 0 Å². The van der Waals surface area contributed by atoms with Crippen LogP contribution in [0, 0.1) is 17.3 Å². The molecule has 0 aliphatic heterocycles. The Balaban J connectivity index is 2.57. The van der Waals surface area contributed by atoms with Gasteiger partial charge in [-0.25, -0.2) is 0 Å². The minimum Gasteiger partial charge on any atom is -0.416 e. The van der Waals surface area contributed by atoms with E-state index in [9.17, 15) is 4.79 Å². The number of carbonyl (C=O) groups excluding carboxylic acids is 1. The van der Waals surface area contributed by atoms with Crippen molar-refractivity contribution in [2.75, 3.05) is 6.61 Å². The second-order valence-electron chi connectivity index (χ2n) is 7.64. The number of aldehydes is 1. The Morgan fingerprint density at radius 1 is 1.38 bits per heavy atom. The monoisotopic (exact) mass is 306 g/mol. The van der Waals surface area contributed by atoms with Crippen molar-refractivity contribution in [2.24, 2.45) is 5.41 Å². The fourth-order valence-corrected chi connectivity index (χ4v) is 3.45. The van der Waals surface area contributed by atoms with Gasteiger partial charge in [-0.2, -0.15) is 0 Å². The fraction of sp³-hybridized carbons (Fsp3) is 0.722. The molecule has 2 nitrogen and oxygen atoms in total. The predicted octanol–water partition coefficient (Wildman–Crippen LogP) is 4.72. The summed E-state index contributed by atoms with van der Waals surface area (Å²) in [5.74, 6) is 5.39. The van der Waals surface area contributed by atoms with Crippen molar-refractivity contribution in [3.63, 3.8) is 0 Å².